The Bertz CT molecular complexity index is 268. The van der Waals surface area contributed by atoms with Crippen molar-refractivity contribution in [2.45, 2.75) is 13.8 Å². The maximum absolute atomic E-state index is 5.91. The van der Waals surface area contributed by atoms with Crippen LogP contribution in [0, 0.1) is 13.8 Å². The van der Waals surface area contributed by atoms with Crippen LogP contribution in [0.5, 0.6) is 0 Å². The van der Waals surface area contributed by atoms with Gasteiger partial charge in [-0.05, 0) is 62.9 Å². The fourth-order valence-corrected chi connectivity index (χ4v) is 2.11. The highest BCUT2D eigenvalue weighted by molar-refractivity contribution is 9.13. The predicted molar refractivity (Wildman–Crippen MR) is 56.3 cm³/mol. The fourth-order valence-electron chi connectivity index (χ4n) is 0.804. The van der Waals surface area contributed by atoms with E-state index in [0.29, 0.717) is 0 Å². The van der Waals surface area contributed by atoms with Crippen LogP contribution in [-0.4, -0.2) is 0 Å². The average molecular weight is 298 g/mol. The van der Waals surface area contributed by atoms with Crippen LogP contribution in [0.4, 0.5) is 0 Å². The van der Waals surface area contributed by atoms with Gasteiger partial charge in [-0.2, -0.15) is 0 Å². The highest BCUT2D eigenvalue weighted by Crippen LogP contribution is 2.34. The molecule has 0 aliphatic carbocycles. The molecule has 0 heterocycles. The van der Waals surface area contributed by atoms with Crippen LogP contribution in [0.25, 0.3) is 0 Å². The summed E-state index contributed by atoms with van der Waals surface area (Å²) in [5, 5.41) is 0.750. The van der Waals surface area contributed by atoms with Gasteiger partial charge in [-0.1, -0.05) is 11.6 Å². The van der Waals surface area contributed by atoms with Crippen molar-refractivity contribution in [2.75, 3.05) is 0 Å². The lowest BCUT2D eigenvalue weighted by atomic mass is 10.1. The largest absolute Gasteiger partial charge is 0.0831 e. The number of benzene rings is 1. The van der Waals surface area contributed by atoms with Crippen LogP contribution in [-0.2, 0) is 0 Å². The minimum atomic E-state index is 0.750. The predicted octanol–water partition coefficient (Wildman–Crippen LogP) is 4.48. The molecule has 1 aromatic rings. The molecule has 0 nitrogen and oxygen atoms in total. The molecule has 1 rings (SSSR count). The van der Waals surface area contributed by atoms with Crippen molar-refractivity contribution in [3.05, 3.63) is 31.2 Å². The van der Waals surface area contributed by atoms with Gasteiger partial charge in [-0.3, -0.25) is 0 Å². The Kier molecular flexibility index (Phi) is 3.01. The van der Waals surface area contributed by atoms with E-state index >= 15 is 0 Å². The Balaban J connectivity index is 3.46. The zero-order valence-corrected chi connectivity index (χ0v) is 10.1. The topological polar surface area (TPSA) is 0 Å². The summed E-state index contributed by atoms with van der Waals surface area (Å²) in [4.78, 5) is 0. The van der Waals surface area contributed by atoms with Crippen molar-refractivity contribution in [3.8, 4) is 0 Å². The minimum absolute atomic E-state index is 0.750. The first-order chi connectivity index (χ1) is 5.04. The monoisotopic (exact) mass is 296 g/mol. The summed E-state index contributed by atoms with van der Waals surface area (Å²) < 4.78 is 1.98. The quantitative estimate of drug-likeness (QED) is 0.619. The van der Waals surface area contributed by atoms with Crippen molar-refractivity contribution >= 4 is 43.5 Å². The van der Waals surface area contributed by atoms with Crippen LogP contribution in [0.3, 0.4) is 0 Å². The van der Waals surface area contributed by atoms with Gasteiger partial charge in [0.2, 0.25) is 0 Å². The summed E-state index contributed by atoms with van der Waals surface area (Å²) in [6, 6.07) is 1.95. The molecule has 0 aliphatic rings. The summed E-state index contributed by atoms with van der Waals surface area (Å²) in [5.74, 6) is 0. The van der Waals surface area contributed by atoms with Crippen molar-refractivity contribution in [2.24, 2.45) is 0 Å². The first-order valence-electron chi connectivity index (χ1n) is 3.14. The summed E-state index contributed by atoms with van der Waals surface area (Å²) in [5.41, 5.74) is 2.42. The molecule has 11 heavy (non-hydrogen) atoms. The molecule has 0 bridgehead atoms. The van der Waals surface area contributed by atoms with E-state index in [9.17, 15) is 0 Å². The molecule has 0 amide bonds. The molecule has 0 atom stereocenters. The van der Waals surface area contributed by atoms with E-state index < -0.39 is 0 Å². The second-order valence-corrected chi connectivity index (χ2v) is 4.42. The first kappa shape index (κ1) is 9.56. The van der Waals surface area contributed by atoms with Crippen LogP contribution in [0.2, 0.25) is 5.02 Å². The number of hydrogen-bond donors (Lipinski definition) is 0. The third-order valence-electron chi connectivity index (χ3n) is 1.67. The lowest BCUT2D eigenvalue weighted by Crippen LogP contribution is -1.84. The van der Waals surface area contributed by atoms with Crippen molar-refractivity contribution in [3.63, 3.8) is 0 Å². The molecule has 0 spiro atoms. The van der Waals surface area contributed by atoms with Gasteiger partial charge >= 0.3 is 0 Å². The molecule has 0 N–H and O–H groups in total. The Hall–Kier alpha value is 0.470. The third kappa shape index (κ3) is 1.79. The zero-order valence-electron chi connectivity index (χ0n) is 6.21. The Labute approximate surface area is 88.2 Å². The number of hydrogen-bond acceptors (Lipinski definition) is 0. The Morgan fingerprint density at radius 1 is 1.18 bits per heavy atom. The van der Waals surface area contributed by atoms with Gasteiger partial charge in [0.05, 0.1) is 9.50 Å². The van der Waals surface area contributed by atoms with Gasteiger partial charge in [0.1, 0.15) is 0 Å². The second-order valence-electron chi connectivity index (χ2n) is 2.43. The van der Waals surface area contributed by atoms with Crippen molar-refractivity contribution in [1.82, 2.24) is 0 Å². The van der Waals surface area contributed by atoms with Gasteiger partial charge in [0.25, 0.3) is 0 Å². The van der Waals surface area contributed by atoms with Crippen molar-refractivity contribution in [1.29, 1.82) is 0 Å². The van der Waals surface area contributed by atoms with Gasteiger partial charge in [0.15, 0.2) is 0 Å². The van der Waals surface area contributed by atoms with E-state index in [1.54, 1.807) is 0 Å². The number of halogens is 3. The van der Waals surface area contributed by atoms with Gasteiger partial charge < -0.3 is 0 Å². The van der Waals surface area contributed by atoms with Gasteiger partial charge in [-0.15, -0.1) is 0 Å². The molecular weight excluding hydrogens is 291 g/mol. The SMILES string of the molecule is Cc1cc(Cl)c(Br)c(Br)c1C. The van der Waals surface area contributed by atoms with E-state index in [0.717, 1.165) is 14.0 Å². The molecule has 0 radical (unpaired) electrons. The minimum Gasteiger partial charge on any atom is -0.0831 e. The molecule has 0 unspecified atom stereocenters. The molecule has 0 saturated carbocycles. The summed E-state index contributed by atoms with van der Waals surface area (Å²) in [6.45, 7) is 4.10. The normalized spacial score (nSPS) is 10.3. The Morgan fingerprint density at radius 2 is 1.73 bits per heavy atom. The van der Waals surface area contributed by atoms with Crippen LogP contribution in [0.15, 0.2) is 15.0 Å². The van der Waals surface area contributed by atoms with Crippen LogP contribution < -0.4 is 0 Å². The number of rotatable bonds is 0. The second kappa shape index (κ2) is 3.46. The maximum Gasteiger partial charge on any atom is 0.0562 e. The average Bonchev–Trinajstić information content (AvgIpc) is 1.97. The first-order valence-corrected chi connectivity index (χ1v) is 5.11. The lowest BCUT2D eigenvalue weighted by Gasteiger charge is -2.06. The summed E-state index contributed by atoms with van der Waals surface area (Å²) in [7, 11) is 0. The summed E-state index contributed by atoms with van der Waals surface area (Å²) >= 11 is 12.7. The van der Waals surface area contributed by atoms with Crippen LogP contribution in [0.1, 0.15) is 11.1 Å². The molecule has 0 aliphatic heterocycles. The third-order valence-corrected chi connectivity index (χ3v) is 4.54. The van der Waals surface area contributed by atoms with Gasteiger partial charge in [0, 0.05) is 4.47 Å². The van der Waals surface area contributed by atoms with Crippen molar-refractivity contribution < 1.29 is 0 Å². The summed E-state index contributed by atoms with van der Waals surface area (Å²) in [6.07, 6.45) is 0. The van der Waals surface area contributed by atoms with E-state index in [2.05, 4.69) is 38.8 Å². The molecule has 1 aromatic carbocycles. The zero-order chi connectivity index (χ0) is 8.59. The molecule has 60 valence electrons. The lowest BCUT2D eigenvalue weighted by molar-refractivity contribution is 1.30. The van der Waals surface area contributed by atoms with E-state index in [1.165, 1.54) is 11.1 Å². The number of aryl methyl sites for hydroxylation is 1. The fraction of sp³-hybridized carbons (Fsp3) is 0.250. The molecule has 0 saturated heterocycles. The molecule has 3 heteroatoms. The van der Waals surface area contributed by atoms with Crippen LogP contribution >= 0.6 is 43.5 Å². The Morgan fingerprint density at radius 3 is 2.27 bits per heavy atom. The molecule has 0 fully saturated rings. The van der Waals surface area contributed by atoms with E-state index in [1.807, 2.05) is 13.0 Å². The highest BCUT2D eigenvalue weighted by Gasteiger charge is 2.06. The molecule has 0 aromatic heterocycles. The molecular formula is C8H7Br2Cl. The maximum atomic E-state index is 5.91. The smallest absolute Gasteiger partial charge is 0.0562 e. The van der Waals surface area contributed by atoms with Gasteiger partial charge in [-0.25, -0.2) is 0 Å². The standard InChI is InChI=1S/C8H7Br2Cl/c1-4-3-6(11)8(10)7(9)5(4)2/h3H,1-2H3. The van der Waals surface area contributed by atoms with E-state index in [-0.39, 0.29) is 0 Å². The van der Waals surface area contributed by atoms with E-state index in [4.69, 9.17) is 11.6 Å². The highest BCUT2D eigenvalue weighted by atomic mass is 79.9.